The molecule has 8 heteroatoms. The number of ketones is 1. The lowest BCUT2D eigenvalue weighted by atomic mass is 9.99. The number of rotatable bonds is 6. The Morgan fingerprint density at radius 2 is 2.00 bits per heavy atom. The Hall–Kier alpha value is -1.96. The van der Waals surface area contributed by atoms with Gasteiger partial charge in [0.15, 0.2) is 10.9 Å². The zero-order valence-electron chi connectivity index (χ0n) is 13.1. The molecule has 2 rings (SSSR count). The Kier molecular flexibility index (Phi) is 5.70. The molecule has 1 amide bonds. The topological polar surface area (TPSA) is 100 Å². The SMILES string of the molecule is CSc1ncc(N(CC(=O)O)C(C)=O)c(C(=O)C2CCCC2)n1. The largest absolute Gasteiger partial charge is 0.480 e. The van der Waals surface area contributed by atoms with Gasteiger partial charge in [-0.25, -0.2) is 9.97 Å². The first kappa shape index (κ1) is 17.4. The van der Waals surface area contributed by atoms with Crippen LogP contribution in [0, 0.1) is 5.92 Å². The molecule has 0 aromatic carbocycles. The van der Waals surface area contributed by atoms with E-state index >= 15 is 0 Å². The molecule has 1 fully saturated rings. The van der Waals surface area contributed by atoms with Crippen molar-refractivity contribution in [3.05, 3.63) is 11.9 Å². The van der Waals surface area contributed by atoms with Gasteiger partial charge in [-0.3, -0.25) is 19.3 Å². The van der Waals surface area contributed by atoms with Gasteiger partial charge < -0.3 is 5.11 Å². The molecule has 1 saturated carbocycles. The number of carboxylic acid groups (broad SMARTS) is 1. The average Bonchev–Trinajstić information content (AvgIpc) is 3.05. The van der Waals surface area contributed by atoms with Gasteiger partial charge in [-0.1, -0.05) is 24.6 Å². The van der Waals surface area contributed by atoms with Gasteiger partial charge in [0, 0.05) is 12.8 Å². The summed E-state index contributed by atoms with van der Waals surface area (Å²) in [5.74, 6) is -1.87. The number of thioether (sulfide) groups is 1. The molecular formula is C15H19N3O4S. The highest BCUT2D eigenvalue weighted by molar-refractivity contribution is 7.98. The molecule has 7 nitrogen and oxygen atoms in total. The van der Waals surface area contributed by atoms with Crippen LogP contribution in [0.4, 0.5) is 5.69 Å². The number of aliphatic carboxylic acids is 1. The molecule has 0 radical (unpaired) electrons. The lowest BCUT2D eigenvalue weighted by Crippen LogP contribution is -2.35. The monoisotopic (exact) mass is 337 g/mol. The van der Waals surface area contributed by atoms with Crippen molar-refractivity contribution in [1.29, 1.82) is 0 Å². The van der Waals surface area contributed by atoms with Gasteiger partial charge in [0.25, 0.3) is 0 Å². The lowest BCUT2D eigenvalue weighted by Gasteiger charge is -2.22. The molecule has 1 aliphatic rings. The van der Waals surface area contributed by atoms with Crippen LogP contribution in [0.2, 0.25) is 0 Å². The second-order valence-electron chi connectivity index (χ2n) is 5.44. The van der Waals surface area contributed by atoms with Crippen molar-refractivity contribution in [3.8, 4) is 0 Å². The van der Waals surface area contributed by atoms with E-state index in [2.05, 4.69) is 9.97 Å². The van der Waals surface area contributed by atoms with Crippen molar-refractivity contribution in [2.75, 3.05) is 17.7 Å². The first-order valence-electron chi connectivity index (χ1n) is 7.39. The highest BCUT2D eigenvalue weighted by atomic mass is 32.2. The van der Waals surface area contributed by atoms with Crippen LogP contribution in [0.15, 0.2) is 11.4 Å². The number of carbonyl (C=O) groups is 3. The number of anilines is 1. The molecule has 0 unspecified atom stereocenters. The van der Waals surface area contributed by atoms with Gasteiger partial charge >= 0.3 is 5.97 Å². The first-order chi connectivity index (χ1) is 10.9. The number of carbonyl (C=O) groups excluding carboxylic acids is 2. The van der Waals surface area contributed by atoms with Crippen LogP contribution in [0.1, 0.15) is 43.1 Å². The van der Waals surface area contributed by atoms with Crippen molar-refractivity contribution < 1.29 is 19.5 Å². The van der Waals surface area contributed by atoms with E-state index in [-0.39, 0.29) is 23.1 Å². The predicted octanol–water partition coefficient (Wildman–Crippen LogP) is 2.01. The summed E-state index contributed by atoms with van der Waals surface area (Å²) in [6, 6.07) is 0. The van der Waals surface area contributed by atoms with Gasteiger partial charge in [-0.15, -0.1) is 0 Å². The Bertz CT molecular complexity index is 629. The second-order valence-corrected chi connectivity index (χ2v) is 6.21. The summed E-state index contributed by atoms with van der Waals surface area (Å²) in [5.41, 5.74) is 0.322. The highest BCUT2D eigenvalue weighted by Gasteiger charge is 2.30. The lowest BCUT2D eigenvalue weighted by molar-refractivity contribution is -0.136. The third-order valence-electron chi connectivity index (χ3n) is 3.85. The number of Topliss-reactive ketones (excluding diaryl/α,β-unsaturated/α-hetero) is 1. The number of hydrogen-bond acceptors (Lipinski definition) is 6. The molecular weight excluding hydrogens is 318 g/mol. The second kappa shape index (κ2) is 7.54. The molecule has 1 aliphatic carbocycles. The van der Waals surface area contributed by atoms with Gasteiger partial charge in [0.2, 0.25) is 5.91 Å². The van der Waals surface area contributed by atoms with Crippen LogP contribution >= 0.6 is 11.8 Å². The van der Waals surface area contributed by atoms with E-state index in [4.69, 9.17) is 5.11 Å². The summed E-state index contributed by atoms with van der Waals surface area (Å²) in [4.78, 5) is 45.0. The molecule has 23 heavy (non-hydrogen) atoms. The standard InChI is InChI=1S/C15H19N3O4S/c1-9(19)18(8-12(20)21)11-7-16-15(23-2)17-13(11)14(22)10-5-3-4-6-10/h7,10H,3-6,8H2,1-2H3,(H,20,21). The minimum atomic E-state index is -1.16. The maximum atomic E-state index is 12.8. The normalized spacial score (nSPS) is 14.7. The first-order valence-corrected chi connectivity index (χ1v) is 8.61. The van der Waals surface area contributed by atoms with Crippen LogP contribution < -0.4 is 4.90 Å². The summed E-state index contributed by atoms with van der Waals surface area (Å²) in [7, 11) is 0. The molecule has 124 valence electrons. The average molecular weight is 337 g/mol. The maximum Gasteiger partial charge on any atom is 0.323 e. The molecule has 1 heterocycles. The van der Waals surface area contributed by atoms with Crippen LogP contribution in [0.3, 0.4) is 0 Å². The van der Waals surface area contributed by atoms with E-state index in [1.807, 2.05) is 0 Å². The molecule has 0 saturated heterocycles. The predicted molar refractivity (Wildman–Crippen MR) is 85.8 cm³/mol. The Labute approximate surface area is 138 Å². The number of aromatic nitrogens is 2. The molecule has 1 aromatic heterocycles. The summed E-state index contributed by atoms with van der Waals surface area (Å²) < 4.78 is 0. The van der Waals surface area contributed by atoms with Crippen LogP contribution in [-0.2, 0) is 9.59 Å². The zero-order valence-corrected chi connectivity index (χ0v) is 13.9. The van der Waals surface area contributed by atoms with Gasteiger partial charge in [-0.05, 0) is 19.1 Å². The van der Waals surface area contributed by atoms with Crippen molar-refractivity contribution >= 4 is 35.1 Å². The highest BCUT2D eigenvalue weighted by Crippen LogP contribution is 2.31. The summed E-state index contributed by atoms with van der Waals surface area (Å²) in [6.07, 6.45) is 6.76. The van der Waals surface area contributed by atoms with E-state index < -0.39 is 18.4 Å². The van der Waals surface area contributed by atoms with Crippen LogP contribution in [0.25, 0.3) is 0 Å². The summed E-state index contributed by atoms with van der Waals surface area (Å²) in [6.45, 7) is 0.734. The molecule has 0 bridgehead atoms. The summed E-state index contributed by atoms with van der Waals surface area (Å²) >= 11 is 1.29. The zero-order chi connectivity index (χ0) is 17.0. The molecule has 0 aliphatic heterocycles. The van der Waals surface area contributed by atoms with E-state index in [9.17, 15) is 14.4 Å². The number of amides is 1. The number of carboxylic acids is 1. The van der Waals surface area contributed by atoms with E-state index in [1.54, 1.807) is 6.26 Å². The van der Waals surface area contributed by atoms with Crippen molar-refractivity contribution in [2.24, 2.45) is 5.92 Å². The van der Waals surface area contributed by atoms with Gasteiger partial charge in [0.05, 0.1) is 11.9 Å². The third kappa shape index (κ3) is 4.07. The van der Waals surface area contributed by atoms with E-state index in [1.165, 1.54) is 24.9 Å². The minimum absolute atomic E-state index is 0.114. The fourth-order valence-corrected chi connectivity index (χ4v) is 3.06. The van der Waals surface area contributed by atoms with Crippen LogP contribution in [0.5, 0.6) is 0 Å². The van der Waals surface area contributed by atoms with Crippen molar-refractivity contribution in [3.63, 3.8) is 0 Å². The van der Waals surface area contributed by atoms with Crippen molar-refractivity contribution in [1.82, 2.24) is 9.97 Å². The molecule has 0 spiro atoms. The Balaban J connectivity index is 2.46. The minimum Gasteiger partial charge on any atom is -0.480 e. The van der Waals surface area contributed by atoms with Gasteiger partial charge in [-0.2, -0.15) is 0 Å². The molecule has 1 N–H and O–H groups in total. The molecule has 0 atom stereocenters. The van der Waals surface area contributed by atoms with Crippen LogP contribution in [-0.4, -0.2) is 45.5 Å². The van der Waals surface area contributed by atoms with Gasteiger partial charge in [0.1, 0.15) is 12.2 Å². The quantitative estimate of drug-likeness (QED) is 0.481. The Morgan fingerprint density at radius 3 is 2.52 bits per heavy atom. The maximum absolute atomic E-state index is 12.8. The summed E-state index contributed by atoms with van der Waals surface area (Å²) in [5, 5.41) is 9.44. The van der Waals surface area contributed by atoms with E-state index in [0.717, 1.165) is 30.6 Å². The Morgan fingerprint density at radius 1 is 1.35 bits per heavy atom. The third-order valence-corrected chi connectivity index (χ3v) is 4.42. The number of hydrogen-bond donors (Lipinski definition) is 1. The van der Waals surface area contributed by atoms with E-state index in [0.29, 0.717) is 5.16 Å². The number of nitrogens with zero attached hydrogens (tertiary/aromatic N) is 3. The fraction of sp³-hybridized carbons (Fsp3) is 0.533. The molecule has 1 aromatic rings. The smallest absolute Gasteiger partial charge is 0.323 e. The fourth-order valence-electron chi connectivity index (χ4n) is 2.72. The van der Waals surface area contributed by atoms with Crippen molar-refractivity contribution in [2.45, 2.75) is 37.8 Å².